The minimum Gasteiger partial charge on any atom is -0.478 e. The van der Waals surface area contributed by atoms with Crippen LogP contribution in [0.2, 0.25) is 5.02 Å². The number of aromatic carboxylic acids is 1. The molecule has 0 atom stereocenters. The summed E-state index contributed by atoms with van der Waals surface area (Å²) in [5.41, 5.74) is 0.534. The van der Waals surface area contributed by atoms with E-state index in [1.54, 1.807) is 0 Å². The largest absolute Gasteiger partial charge is 0.478 e. The maximum Gasteiger partial charge on any atom is 0.335 e. The number of benzene rings is 1. The van der Waals surface area contributed by atoms with Crippen LogP contribution in [-0.2, 0) is 4.79 Å². The lowest BCUT2D eigenvalue weighted by molar-refractivity contribution is -0.121. The predicted octanol–water partition coefficient (Wildman–Crippen LogP) is 1.20. The van der Waals surface area contributed by atoms with Crippen LogP contribution in [0.3, 0.4) is 0 Å². The minimum atomic E-state index is -1.05. The third-order valence-electron chi connectivity index (χ3n) is 2.63. The van der Waals surface area contributed by atoms with Crippen molar-refractivity contribution in [1.82, 2.24) is 5.32 Å². The lowest BCUT2D eigenvalue weighted by Crippen LogP contribution is -2.48. The standard InChI is InChI=1S/C11H11ClN2O3/c12-8-3-6(11(16)17)1-2-9(8)14-10(15)7-4-13-5-7/h1-3,7,13H,4-5H2,(H,14,15)(H,16,17). The van der Waals surface area contributed by atoms with E-state index in [0.717, 1.165) is 0 Å². The molecule has 1 aromatic rings. The van der Waals surface area contributed by atoms with Crippen LogP contribution in [0.15, 0.2) is 18.2 Å². The van der Waals surface area contributed by atoms with Crippen molar-refractivity contribution in [2.75, 3.05) is 18.4 Å². The smallest absolute Gasteiger partial charge is 0.335 e. The first kappa shape index (κ1) is 11.9. The maximum atomic E-state index is 11.6. The van der Waals surface area contributed by atoms with E-state index in [2.05, 4.69) is 10.6 Å². The van der Waals surface area contributed by atoms with Crippen molar-refractivity contribution in [1.29, 1.82) is 0 Å². The molecule has 0 spiro atoms. The summed E-state index contributed by atoms with van der Waals surface area (Å²) in [6, 6.07) is 4.22. The van der Waals surface area contributed by atoms with Crippen molar-refractivity contribution in [3.8, 4) is 0 Å². The molecule has 0 bridgehead atoms. The Labute approximate surface area is 103 Å². The van der Waals surface area contributed by atoms with Crippen molar-refractivity contribution in [2.45, 2.75) is 0 Å². The van der Waals surface area contributed by atoms with Crippen LogP contribution >= 0.6 is 11.6 Å². The fraction of sp³-hybridized carbons (Fsp3) is 0.273. The highest BCUT2D eigenvalue weighted by Crippen LogP contribution is 2.24. The topological polar surface area (TPSA) is 78.4 Å². The summed E-state index contributed by atoms with van der Waals surface area (Å²) >= 11 is 5.89. The second kappa shape index (κ2) is 4.73. The van der Waals surface area contributed by atoms with Gasteiger partial charge in [-0.15, -0.1) is 0 Å². The van der Waals surface area contributed by atoms with Gasteiger partial charge in [-0.1, -0.05) is 11.6 Å². The summed E-state index contributed by atoms with van der Waals surface area (Å²) in [5, 5.41) is 14.7. The molecule has 2 rings (SSSR count). The number of halogens is 1. The molecule has 1 fully saturated rings. The molecule has 1 amide bonds. The zero-order valence-corrected chi connectivity index (χ0v) is 9.62. The molecule has 1 saturated heterocycles. The maximum absolute atomic E-state index is 11.6. The van der Waals surface area contributed by atoms with Gasteiger partial charge in [-0.05, 0) is 18.2 Å². The summed E-state index contributed by atoms with van der Waals surface area (Å²) in [5.74, 6) is -1.19. The molecular weight excluding hydrogens is 244 g/mol. The van der Waals surface area contributed by atoms with Crippen LogP contribution < -0.4 is 10.6 Å². The van der Waals surface area contributed by atoms with E-state index >= 15 is 0 Å². The Kier molecular flexibility index (Phi) is 3.31. The average molecular weight is 255 g/mol. The third kappa shape index (κ3) is 2.57. The number of carbonyl (C=O) groups excluding carboxylic acids is 1. The fourth-order valence-electron chi connectivity index (χ4n) is 1.46. The van der Waals surface area contributed by atoms with Gasteiger partial charge in [0.1, 0.15) is 0 Å². The highest BCUT2D eigenvalue weighted by Gasteiger charge is 2.25. The Morgan fingerprint density at radius 1 is 1.41 bits per heavy atom. The molecule has 0 aliphatic carbocycles. The van der Waals surface area contributed by atoms with Crippen molar-refractivity contribution in [3.63, 3.8) is 0 Å². The van der Waals surface area contributed by atoms with Crippen molar-refractivity contribution in [3.05, 3.63) is 28.8 Å². The Morgan fingerprint density at radius 2 is 2.12 bits per heavy atom. The average Bonchev–Trinajstić information content (AvgIpc) is 2.18. The highest BCUT2D eigenvalue weighted by molar-refractivity contribution is 6.34. The highest BCUT2D eigenvalue weighted by atomic mass is 35.5. The quantitative estimate of drug-likeness (QED) is 0.757. The van der Waals surface area contributed by atoms with Gasteiger partial charge in [-0.3, -0.25) is 4.79 Å². The van der Waals surface area contributed by atoms with Gasteiger partial charge in [0, 0.05) is 13.1 Å². The number of hydrogen-bond donors (Lipinski definition) is 3. The van der Waals surface area contributed by atoms with Crippen molar-refractivity contribution >= 4 is 29.2 Å². The lowest BCUT2D eigenvalue weighted by Gasteiger charge is -2.25. The monoisotopic (exact) mass is 254 g/mol. The molecule has 3 N–H and O–H groups in total. The van der Waals surface area contributed by atoms with Crippen LogP contribution in [0.5, 0.6) is 0 Å². The SMILES string of the molecule is O=C(O)c1ccc(NC(=O)C2CNC2)c(Cl)c1. The van der Waals surface area contributed by atoms with Crippen LogP contribution in [0, 0.1) is 5.92 Å². The van der Waals surface area contributed by atoms with E-state index in [-0.39, 0.29) is 22.4 Å². The third-order valence-corrected chi connectivity index (χ3v) is 2.94. The minimum absolute atomic E-state index is 0.0368. The molecule has 0 unspecified atom stereocenters. The second-order valence-corrected chi connectivity index (χ2v) is 4.25. The molecule has 1 aromatic carbocycles. The lowest BCUT2D eigenvalue weighted by atomic mass is 10.0. The molecule has 0 aromatic heterocycles. The fourth-order valence-corrected chi connectivity index (χ4v) is 1.69. The Balaban J connectivity index is 2.10. The van der Waals surface area contributed by atoms with Crippen molar-refractivity contribution < 1.29 is 14.7 Å². The molecule has 6 heteroatoms. The van der Waals surface area contributed by atoms with Gasteiger partial charge in [-0.2, -0.15) is 0 Å². The second-order valence-electron chi connectivity index (χ2n) is 3.84. The first-order valence-electron chi connectivity index (χ1n) is 5.12. The van der Waals surface area contributed by atoms with E-state index in [4.69, 9.17) is 16.7 Å². The van der Waals surface area contributed by atoms with Gasteiger partial charge in [0.2, 0.25) is 5.91 Å². The van der Waals surface area contributed by atoms with Crippen LogP contribution in [0.4, 0.5) is 5.69 Å². The molecule has 0 radical (unpaired) electrons. The van der Waals surface area contributed by atoms with E-state index in [0.29, 0.717) is 18.8 Å². The van der Waals surface area contributed by atoms with E-state index in [1.807, 2.05) is 0 Å². The van der Waals surface area contributed by atoms with Crippen LogP contribution in [0.1, 0.15) is 10.4 Å². The van der Waals surface area contributed by atoms with Crippen molar-refractivity contribution in [2.24, 2.45) is 5.92 Å². The van der Waals surface area contributed by atoms with Gasteiger partial charge in [0.15, 0.2) is 0 Å². The number of anilines is 1. The normalized spacial score (nSPS) is 15.1. The number of carboxylic acids is 1. The van der Waals surface area contributed by atoms with Crippen LogP contribution in [0.25, 0.3) is 0 Å². The Morgan fingerprint density at radius 3 is 2.59 bits per heavy atom. The number of amides is 1. The number of hydrogen-bond acceptors (Lipinski definition) is 3. The van der Waals surface area contributed by atoms with Gasteiger partial charge < -0.3 is 15.7 Å². The van der Waals surface area contributed by atoms with E-state index < -0.39 is 5.97 Å². The molecular formula is C11H11ClN2O3. The summed E-state index contributed by atoms with van der Waals surface area (Å²) in [4.78, 5) is 22.3. The van der Waals surface area contributed by atoms with Gasteiger partial charge in [0.05, 0.1) is 22.2 Å². The molecule has 0 saturated carbocycles. The predicted molar refractivity (Wildman–Crippen MR) is 63.4 cm³/mol. The molecule has 17 heavy (non-hydrogen) atoms. The molecule has 5 nitrogen and oxygen atoms in total. The van der Waals surface area contributed by atoms with E-state index in [1.165, 1.54) is 18.2 Å². The van der Waals surface area contributed by atoms with E-state index in [9.17, 15) is 9.59 Å². The van der Waals surface area contributed by atoms with Crippen LogP contribution in [-0.4, -0.2) is 30.1 Å². The van der Waals surface area contributed by atoms with Gasteiger partial charge in [-0.25, -0.2) is 4.79 Å². The van der Waals surface area contributed by atoms with Gasteiger partial charge >= 0.3 is 5.97 Å². The number of carbonyl (C=O) groups is 2. The zero-order valence-electron chi connectivity index (χ0n) is 8.87. The number of nitrogens with one attached hydrogen (secondary N) is 2. The first-order chi connectivity index (χ1) is 8.08. The summed E-state index contributed by atoms with van der Waals surface area (Å²) in [6.45, 7) is 1.33. The molecule has 90 valence electrons. The zero-order chi connectivity index (χ0) is 12.4. The summed E-state index contributed by atoms with van der Waals surface area (Å²) < 4.78 is 0. The van der Waals surface area contributed by atoms with Gasteiger partial charge in [0.25, 0.3) is 0 Å². The molecule has 1 heterocycles. The number of rotatable bonds is 3. The summed E-state index contributed by atoms with van der Waals surface area (Å²) in [7, 11) is 0. The Hall–Kier alpha value is -1.59. The number of carboxylic acid groups (broad SMARTS) is 1. The molecule has 1 aliphatic heterocycles. The Bertz CT molecular complexity index is 472. The first-order valence-corrected chi connectivity index (χ1v) is 5.50. The molecule has 1 aliphatic rings. The summed E-state index contributed by atoms with van der Waals surface area (Å²) in [6.07, 6.45) is 0.